The largest absolute Gasteiger partial charge is 0.490 e. The van der Waals surface area contributed by atoms with Crippen molar-refractivity contribution in [3.05, 3.63) is 41.4 Å². The lowest BCUT2D eigenvalue weighted by Crippen LogP contribution is -2.07. The van der Waals surface area contributed by atoms with Crippen LogP contribution in [-0.2, 0) is 4.79 Å². The van der Waals surface area contributed by atoms with Crippen molar-refractivity contribution in [2.45, 2.75) is 13.5 Å². The van der Waals surface area contributed by atoms with Gasteiger partial charge < -0.3 is 9.47 Å². The van der Waals surface area contributed by atoms with Gasteiger partial charge in [0.25, 0.3) is 0 Å². The Morgan fingerprint density at radius 2 is 2.26 bits per heavy atom. The highest BCUT2D eigenvalue weighted by Gasteiger charge is 2.11. The van der Waals surface area contributed by atoms with Crippen LogP contribution in [0.3, 0.4) is 0 Å². The zero-order valence-electron chi connectivity index (χ0n) is 12.2. The van der Waals surface area contributed by atoms with Crippen molar-refractivity contribution in [2.24, 2.45) is 0 Å². The summed E-state index contributed by atoms with van der Waals surface area (Å²) < 4.78 is 34.3. The fraction of sp³-hybridized carbons (Fsp3) is 0.200. The summed E-state index contributed by atoms with van der Waals surface area (Å²) in [5, 5.41) is 4.84. The second kappa shape index (κ2) is 8.23. The molecule has 1 heterocycles. The van der Waals surface area contributed by atoms with E-state index in [0.717, 1.165) is 0 Å². The van der Waals surface area contributed by atoms with E-state index in [4.69, 9.17) is 4.74 Å². The number of benzene rings is 1. The number of ether oxygens (including phenoxy) is 2. The van der Waals surface area contributed by atoms with Crippen LogP contribution in [0.25, 0.3) is 6.08 Å². The molecular weight excluding hydrogens is 326 g/mol. The maximum atomic E-state index is 12.3. The van der Waals surface area contributed by atoms with E-state index in [1.807, 2.05) is 0 Å². The van der Waals surface area contributed by atoms with Gasteiger partial charge in [-0.2, -0.15) is 8.78 Å². The first-order valence-corrected chi connectivity index (χ1v) is 7.56. The van der Waals surface area contributed by atoms with Gasteiger partial charge in [0.15, 0.2) is 16.6 Å². The van der Waals surface area contributed by atoms with Gasteiger partial charge in [-0.15, -0.1) is 11.3 Å². The minimum Gasteiger partial charge on any atom is -0.490 e. The number of amides is 1. The third kappa shape index (κ3) is 5.33. The van der Waals surface area contributed by atoms with Gasteiger partial charge in [-0.1, -0.05) is 6.07 Å². The first-order valence-electron chi connectivity index (χ1n) is 6.68. The quantitative estimate of drug-likeness (QED) is 0.779. The van der Waals surface area contributed by atoms with E-state index in [9.17, 15) is 13.6 Å². The van der Waals surface area contributed by atoms with Crippen molar-refractivity contribution >= 4 is 28.5 Å². The molecule has 122 valence electrons. The minimum atomic E-state index is -2.93. The summed E-state index contributed by atoms with van der Waals surface area (Å²) >= 11 is 1.31. The van der Waals surface area contributed by atoms with E-state index in [2.05, 4.69) is 15.0 Å². The summed E-state index contributed by atoms with van der Waals surface area (Å²) in [6.07, 6.45) is 4.44. The van der Waals surface area contributed by atoms with E-state index in [0.29, 0.717) is 17.3 Å². The Hall–Kier alpha value is -2.48. The van der Waals surface area contributed by atoms with Gasteiger partial charge in [0.2, 0.25) is 5.91 Å². The highest BCUT2D eigenvalue weighted by atomic mass is 32.1. The number of rotatable bonds is 7. The van der Waals surface area contributed by atoms with E-state index < -0.39 is 6.61 Å². The highest BCUT2D eigenvalue weighted by Crippen LogP contribution is 2.30. The number of halogens is 2. The maximum Gasteiger partial charge on any atom is 0.387 e. The molecule has 2 aromatic rings. The molecule has 2 rings (SSSR count). The van der Waals surface area contributed by atoms with Crippen LogP contribution in [0, 0.1) is 0 Å². The van der Waals surface area contributed by atoms with Crippen LogP contribution in [0.5, 0.6) is 11.5 Å². The van der Waals surface area contributed by atoms with Gasteiger partial charge in [-0.3, -0.25) is 10.1 Å². The second-order valence-corrected chi connectivity index (χ2v) is 5.07. The molecule has 0 saturated carbocycles. The molecule has 0 aliphatic heterocycles. The molecule has 1 amide bonds. The summed E-state index contributed by atoms with van der Waals surface area (Å²) in [6, 6.07) is 4.44. The predicted molar refractivity (Wildman–Crippen MR) is 84.0 cm³/mol. The Morgan fingerprint density at radius 1 is 1.43 bits per heavy atom. The van der Waals surface area contributed by atoms with Crippen LogP contribution in [0.1, 0.15) is 12.5 Å². The van der Waals surface area contributed by atoms with Crippen LogP contribution in [0.15, 0.2) is 35.9 Å². The standard InChI is InChI=1S/C15H14F2N2O3S/c1-2-21-12-9-10(3-5-11(12)22-14(16)17)4-6-13(20)19-15-18-7-8-23-15/h3-9,14H,2H2,1H3,(H,18,19,20)/b6-4+. The molecule has 0 radical (unpaired) electrons. The number of hydrogen-bond acceptors (Lipinski definition) is 5. The molecule has 0 aliphatic carbocycles. The number of anilines is 1. The average Bonchev–Trinajstić information content (AvgIpc) is 3.00. The number of nitrogens with zero attached hydrogens (tertiary/aromatic N) is 1. The number of hydrogen-bond donors (Lipinski definition) is 1. The zero-order valence-corrected chi connectivity index (χ0v) is 13.0. The predicted octanol–water partition coefficient (Wildman–Crippen LogP) is 3.80. The van der Waals surface area contributed by atoms with Crippen molar-refractivity contribution in [3.8, 4) is 11.5 Å². The van der Waals surface area contributed by atoms with Crippen LogP contribution in [0.4, 0.5) is 13.9 Å². The Morgan fingerprint density at radius 3 is 2.91 bits per heavy atom. The highest BCUT2D eigenvalue weighted by molar-refractivity contribution is 7.13. The molecule has 23 heavy (non-hydrogen) atoms. The molecule has 1 aromatic carbocycles. The molecule has 0 aliphatic rings. The lowest BCUT2D eigenvalue weighted by atomic mass is 10.2. The van der Waals surface area contributed by atoms with E-state index in [1.54, 1.807) is 24.6 Å². The number of carbonyl (C=O) groups excluding carboxylic acids is 1. The summed E-state index contributed by atoms with van der Waals surface area (Å²) in [5.74, 6) is -0.202. The normalized spacial score (nSPS) is 11.0. The lowest BCUT2D eigenvalue weighted by molar-refractivity contribution is -0.111. The van der Waals surface area contributed by atoms with Crippen LogP contribution in [0.2, 0.25) is 0 Å². The Bertz CT molecular complexity index is 675. The Labute approximate surface area is 135 Å². The molecule has 0 saturated heterocycles. The zero-order chi connectivity index (χ0) is 16.7. The average molecular weight is 340 g/mol. The maximum absolute atomic E-state index is 12.3. The van der Waals surface area contributed by atoms with Gasteiger partial charge in [0.1, 0.15) is 0 Å². The van der Waals surface area contributed by atoms with Crippen LogP contribution in [-0.4, -0.2) is 24.1 Å². The molecule has 0 fully saturated rings. The third-order valence-corrected chi connectivity index (χ3v) is 3.26. The topological polar surface area (TPSA) is 60.5 Å². The van der Waals surface area contributed by atoms with Crippen molar-refractivity contribution in [3.63, 3.8) is 0 Å². The van der Waals surface area contributed by atoms with Crippen molar-refractivity contribution < 1.29 is 23.0 Å². The monoisotopic (exact) mass is 340 g/mol. The van der Waals surface area contributed by atoms with Gasteiger partial charge in [-0.25, -0.2) is 4.98 Å². The molecule has 0 bridgehead atoms. The Kier molecular flexibility index (Phi) is 6.04. The first-order chi connectivity index (χ1) is 11.1. The fourth-order valence-corrected chi connectivity index (χ4v) is 2.23. The molecule has 0 atom stereocenters. The summed E-state index contributed by atoms with van der Waals surface area (Å²) in [7, 11) is 0. The van der Waals surface area contributed by atoms with Crippen molar-refractivity contribution in [1.82, 2.24) is 4.98 Å². The molecule has 1 N–H and O–H groups in total. The Balaban J connectivity index is 2.08. The lowest BCUT2D eigenvalue weighted by Gasteiger charge is -2.11. The smallest absolute Gasteiger partial charge is 0.387 e. The third-order valence-electron chi connectivity index (χ3n) is 2.57. The van der Waals surface area contributed by atoms with Gasteiger partial charge >= 0.3 is 6.61 Å². The van der Waals surface area contributed by atoms with E-state index >= 15 is 0 Å². The molecule has 1 aromatic heterocycles. The SMILES string of the molecule is CCOc1cc(/C=C/C(=O)Nc2nccs2)ccc1OC(F)F. The van der Waals surface area contributed by atoms with Crippen LogP contribution >= 0.6 is 11.3 Å². The molecule has 0 unspecified atom stereocenters. The summed E-state index contributed by atoms with van der Waals surface area (Å²) in [4.78, 5) is 15.7. The van der Waals surface area contributed by atoms with Gasteiger partial charge in [0, 0.05) is 17.7 Å². The van der Waals surface area contributed by atoms with Gasteiger partial charge in [-0.05, 0) is 30.7 Å². The molecule has 0 spiro atoms. The fourth-order valence-electron chi connectivity index (χ4n) is 1.69. The van der Waals surface area contributed by atoms with Crippen molar-refractivity contribution in [1.29, 1.82) is 0 Å². The summed E-state index contributed by atoms with van der Waals surface area (Å²) in [6.45, 7) is -0.896. The number of aromatic nitrogens is 1. The summed E-state index contributed by atoms with van der Waals surface area (Å²) in [5.41, 5.74) is 0.615. The number of carbonyl (C=O) groups is 1. The van der Waals surface area contributed by atoms with E-state index in [1.165, 1.54) is 35.6 Å². The van der Waals surface area contributed by atoms with E-state index in [-0.39, 0.29) is 17.4 Å². The first kappa shape index (κ1) is 16.9. The second-order valence-electron chi connectivity index (χ2n) is 4.18. The minimum absolute atomic E-state index is 0.0498. The molecule has 8 heteroatoms. The van der Waals surface area contributed by atoms with Crippen molar-refractivity contribution in [2.75, 3.05) is 11.9 Å². The number of nitrogens with one attached hydrogen (secondary N) is 1. The van der Waals surface area contributed by atoms with Gasteiger partial charge in [0.05, 0.1) is 6.61 Å². The molecular formula is C15H14F2N2O3S. The van der Waals surface area contributed by atoms with Crippen LogP contribution < -0.4 is 14.8 Å². The number of alkyl halides is 2. The number of thiazole rings is 1. The molecule has 5 nitrogen and oxygen atoms in total.